The Bertz CT molecular complexity index is 725. The van der Waals surface area contributed by atoms with Crippen LogP contribution >= 0.6 is 0 Å². The van der Waals surface area contributed by atoms with Crippen molar-refractivity contribution in [2.75, 3.05) is 28.6 Å². The number of para-hydroxylation sites is 2. The molecular formula is C19H27N5O. The SMILES string of the molecule is CC(C)(C)n1cc(NC(=O)Nc2ccccc2N2CCCCC2)cn1. The molecule has 2 heterocycles. The summed E-state index contributed by atoms with van der Waals surface area (Å²) in [5.41, 5.74) is 2.49. The van der Waals surface area contributed by atoms with E-state index in [4.69, 9.17) is 0 Å². The lowest BCUT2D eigenvalue weighted by atomic mass is 10.1. The highest BCUT2D eigenvalue weighted by Crippen LogP contribution is 2.28. The number of rotatable bonds is 3. The molecule has 3 rings (SSSR count). The van der Waals surface area contributed by atoms with Crippen LogP contribution in [0.2, 0.25) is 0 Å². The molecule has 0 radical (unpaired) electrons. The van der Waals surface area contributed by atoms with E-state index in [0.717, 1.165) is 24.5 Å². The van der Waals surface area contributed by atoms with E-state index in [9.17, 15) is 4.79 Å². The maximum atomic E-state index is 12.4. The van der Waals surface area contributed by atoms with E-state index in [1.807, 2.05) is 29.1 Å². The fourth-order valence-corrected chi connectivity index (χ4v) is 3.03. The quantitative estimate of drug-likeness (QED) is 0.876. The number of hydrogen-bond acceptors (Lipinski definition) is 3. The Balaban J connectivity index is 1.68. The molecule has 6 nitrogen and oxygen atoms in total. The van der Waals surface area contributed by atoms with Gasteiger partial charge in [-0.25, -0.2) is 4.79 Å². The van der Waals surface area contributed by atoms with Crippen molar-refractivity contribution >= 4 is 23.1 Å². The van der Waals surface area contributed by atoms with Gasteiger partial charge in [-0.2, -0.15) is 5.10 Å². The van der Waals surface area contributed by atoms with Crippen LogP contribution in [0.15, 0.2) is 36.7 Å². The summed E-state index contributed by atoms with van der Waals surface area (Å²) in [6, 6.07) is 7.72. The molecule has 1 aliphatic rings. The van der Waals surface area contributed by atoms with E-state index >= 15 is 0 Å². The van der Waals surface area contributed by atoms with Crippen molar-refractivity contribution in [2.24, 2.45) is 0 Å². The Kier molecular flexibility index (Phi) is 4.97. The summed E-state index contributed by atoms with van der Waals surface area (Å²) in [5.74, 6) is 0. The largest absolute Gasteiger partial charge is 0.370 e. The molecule has 134 valence electrons. The highest BCUT2D eigenvalue weighted by Gasteiger charge is 2.17. The normalized spacial score (nSPS) is 15.1. The van der Waals surface area contributed by atoms with Crippen LogP contribution in [-0.2, 0) is 5.54 Å². The van der Waals surface area contributed by atoms with Crippen LogP contribution in [0.1, 0.15) is 40.0 Å². The number of carbonyl (C=O) groups excluding carboxylic acids is 1. The first-order valence-electron chi connectivity index (χ1n) is 8.90. The number of urea groups is 1. The van der Waals surface area contributed by atoms with Crippen molar-refractivity contribution in [3.05, 3.63) is 36.7 Å². The number of anilines is 3. The predicted molar refractivity (Wildman–Crippen MR) is 102 cm³/mol. The molecule has 2 N–H and O–H groups in total. The van der Waals surface area contributed by atoms with Gasteiger partial charge in [0.2, 0.25) is 0 Å². The van der Waals surface area contributed by atoms with E-state index < -0.39 is 0 Å². The number of aromatic nitrogens is 2. The molecule has 0 aliphatic carbocycles. The maximum absolute atomic E-state index is 12.4. The van der Waals surface area contributed by atoms with Gasteiger partial charge in [0.15, 0.2) is 0 Å². The van der Waals surface area contributed by atoms with E-state index in [1.54, 1.807) is 6.20 Å². The summed E-state index contributed by atoms with van der Waals surface area (Å²) in [7, 11) is 0. The van der Waals surface area contributed by atoms with Gasteiger partial charge in [-0.3, -0.25) is 4.68 Å². The summed E-state index contributed by atoms with van der Waals surface area (Å²) in [5, 5.41) is 10.1. The van der Waals surface area contributed by atoms with E-state index in [0.29, 0.717) is 5.69 Å². The smallest absolute Gasteiger partial charge is 0.323 e. The van der Waals surface area contributed by atoms with Gasteiger partial charge in [-0.05, 0) is 52.2 Å². The van der Waals surface area contributed by atoms with Gasteiger partial charge in [-0.1, -0.05) is 12.1 Å². The van der Waals surface area contributed by atoms with Gasteiger partial charge >= 0.3 is 6.03 Å². The monoisotopic (exact) mass is 341 g/mol. The minimum absolute atomic E-state index is 0.114. The Morgan fingerprint density at radius 1 is 1.08 bits per heavy atom. The molecular weight excluding hydrogens is 314 g/mol. The second-order valence-electron chi connectivity index (χ2n) is 7.49. The molecule has 1 saturated heterocycles. The van der Waals surface area contributed by atoms with Crippen molar-refractivity contribution in [3.8, 4) is 0 Å². The molecule has 0 unspecified atom stereocenters. The maximum Gasteiger partial charge on any atom is 0.323 e. The zero-order valence-corrected chi connectivity index (χ0v) is 15.2. The van der Waals surface area contributed by atoms with E-state index in [-0.39, 0.29) is 11.6 Å². The minimum Gasteiger partial charge on any atom is -0.370 e. The zero-order valence-electron chi connectivity index (χ0n) is 15.2. The molecule has 1 fully saturated rings. The van der Waals surface area contributed by atoms with Gasteiger partial charge in [0, 0.05) is 19.3 Å². The molecule has 0 atom stereocenters. The van der Waals surface area contributed by atoms with Crippen LogP contribution in [0.3, 0.4) is 0 Å². The minimum atomic E-state index is -0.252. The summed E-state index contributed by atoms with van der Waals surface area (Å²) in [6.07, 6.45) is 7.20. The van der Waals surface area contributed by atoms with Crippen LogP contribution in [-0.4, -0.2) is 28.9 Å². The lowest BCUT2D eigenvalue weighted by molar-refractivity contribution is 0.262. The Hall–Kier alpha value is -2.50. The third-order valence-corrected chi connectivity index (χ3v) is 4.38. The molecule has 0 spiro atoms. The van der Waals surface area contributed by atoms with Gasteiger partial charge in [0.25, 0.3) is 0 Å². The number of nitrogens with one attached hydrogen (secondary N) is 2. The number of nitrogens with zero attached hydrogens (tertiary/aromatic N) is 3. The van der Waals surface area contributed by atoms with Crippen molar-refractivity contribution < 1.29 is 4.79 Å². The highest BCUT2D eigenvalue weighted by atomic mass is 16.2. The first kappa shape index (κ1) is 17.3. The standard InChI is InChI=1S/C19H27N5O/c1-19(2,3)24-14-15(13-20-24)21-18(25)22-16-9-5-6-10-17(16)23-11-7-4-8-12-23/h5-6,9-10,13-14H,4,7-8,11-12H2,1-3H3,(H2,21,22,25). The topological polar surface area (TPSA) is 62.2 Å². The van der Waals surface area contributed by atoms with Gasteiger partial charge in [0.05, 0.1) is 28.8 Å². The number of benzene rings is 1. The molecule has 1 aromatic heterocycles. The summed E-state index contributed by atoms with van der Waals surface area (Å²) >= 11 is 0. The van der Waals surface area contributed by atoms with E-state index in [1.165, 1.54) is 19.3 Å². The second kappa shape index (κ2) is 7.17. The molecule has 25 heavy (non-hydrogen) atoms. The lowest BCUT2D eigenvalue weighted by Gasteiger charge is -2.30. The highest BCUT2D eigenvalue weighted by molar-refractivity contribution is 6.01. The van der Waals surface area contributed by atoms with Crippen molar-refractivity contribution in [3.63, 3.8) is 0 Å². The van der Waals surface area contributed by atoms with E-state index in [2.05, 4.69) is 47.5 Å². The third-order valence-electron chi connectivity index (χ3n) is 4.38. The predicted octanol–water partition coefficient (Wildman–Crippen LogP) is 4.27. The molecule has 0 saturated carbocycles. The lowest BCUT2D eigenvalue weighted by Crippen LogP contribution is -2.30. The number of piperidine rings is 1. The molecule has 1 aliphatic heterocycles. The van der Waals surface area contributed by atoms with Crippen molar-refractivity contribution in [1.82, 2.24) is 9.78 Å². The van der Waals surface area contributed by atoms with Gasteiger partial charge < -0.3 is 15.5 Å². The summed E-state index contributed by atoms with van der Waals surface area (Å²) < 4.78 is 1.84. The molecule has 2 amide bonds. The average Bonchev–Trinajstić information content (AvgIpc) is 3.05. The third kappa shape index (κ3) is 4.32. The molecule has 2 aromatic rings. The van der Waals surface area contributed by atoms with Gasteiger partial charge in [-0.15, -0.1) is 0 Å². The fraction of sp³-hybridized carbons (Fsp3) is 0.474. The first-order chi connectivity index (χ1) is 11.9. The number of carbonyl (C=O) groups is 1. The molecule has 6 heteroatoms. The van der Waals surface area contributed by atoms with Crippen molar-refractivity contribution in [1.29, 1.82) is 0 Å². The summed E-state index contributed by atoms with van der Waals surface area (Å²) in [6.45, 7) is 8.29. The number of amides is 2. The molecule has 1 aromatic carbocycles. The van der Waals surface area contributed by atoms with Crippen LogP contribution in [0.5, 0.6) is 0 Å². The van der Waals surface area contributed by atoms with Crippen LogP contribution < -0.4 is 15.5 Å². The Morgan fingerprint density at radius 3 is 2.48 bits per heavy atom. The Morgan fingerprint density at radius 2 is 1.80 bits per heavy atom. The average molecular weight is 341 g/mol. The van der Waals surface area contributed by atoms with Crippen LogP contribution in [0.4, 0.5) is 21.9 Å². The summed E-state index contributed by atoms with van der Waals surface area (Å²) in [4.78, 5) is 14.7. The van der Waals surface area contributed by atoms with Crippen LogP contribution in [0.25, 0.3) is 0 Å². The Labute approximate surface area is 149 Å². The van der Waals surface area contributed by atoms with Crippen molar-refractivity contribution in [2.45, 2.75) is 45.6 Å². The first-order valence-corrected chi connectivity index (χ1v) is 8.90. The fourth-order valence-electron chi connectivity index (χ4n) is 3.03. The van der Waals surface area contributed by atoms with Gasteiger partial charge in [0.1, 0.15) is 0 Å². The second-order valence-corrected chi connectivity index (χ2v) is 7.49. The van der Waals surface area contributed by atoms with Crippen LogP contribution in [0, 0.1) is 0 Å². The number of hydrogen-bond donors (Lipinski definition) is 2. The zero-order chi connectivity index (χ0) is 17.9. The molecule has 0 bridgehead atoms.